The SMILES string of the molecule is O=C(N/N=C/c1ccccc1[N+](=O)[O-])Nc1n[nH]c(=S)s1. The molecule has 1 aromatic heterocycles. The van der Waals surface area contributed by atoms with Gasteiger partial charge < -0.3 is 0 Å². The first-order valence-corrected chi connectivity index (χ1v) is 6.68. The molecule has 1 aromatic carbocycles. The first-order chi connectivity index (χ1) is 10.1. The van der Waals surface area contributed by atoms with Gasteiger partial charge in [0.05, 0.1) is 16.7 Å². The van der Waals surface area contributed by atoms with Crippen molar-refractivity contribution in [2.45, 2.75) is 0 Å². The maximum atomic E-state index is 11.5. The summed E-state index contributed by atoms with van der Waals surface area (Å²) < 4.78 is 0.425. The highest BCUT2D eigenvalue weighted by atomic mass is 32.1. The van der Waals surface area contributed by atoms with Crippen LogP contribution in [0.4, 0.5) is 15.6 Å². The summed E-state index contributed by atoms with van der Waals surface area (Å²) in [6.45, 7) is 0. The van der Waals surface area contributed by atoms with Gasteiger partial charge >= 0.3 is 6.03 Å². The number of rotatable bonds is 4. The van der Waals surface area contributed by atoms with Gasteiger partial charge in [-0.1, -0.05) is 23.5 Å². The van der Waals surface area contributed by atoms with E-state index in [2.05, 4.69) is 26.0 Å². The van der Waals surface area contributed by atoms with Crippen LogP contribution in [0.2, 0.25) is 0 Å². The van der Waals surface area contributed by atoms with E-state index < -0.39 is 11.0 Å². The molecule has 0 unspecified atom stereocenters. The van der Waals surface area contributed by atoms with Gasteiger partial charge in [-0.25, -0.2) is 10.2 Å². The summed E-state index contributed by atoms with van der Waals surface area (Å²) in [6, 6.07) is 5.40. The Kier molecular flexibility index (Phi) is 4.68. The zero-order chi connectivity index (χ0) is 15.2. The maximum Gasteiger partial charge on any atom is 0.341 e. The van der Waals surface area contributed by atoms with E-state index in [-0.39, 0.29) is 11.3 Å². The van der Waals surface area contributed by atoms with Crippen LogP contribution in [-0.2, 0) is 0 Å². The number of aromatic nitrogens is 2. The molecule has 0 aliphatic carbocycles. The third-order valence-corrected chi connectivity index (χ3v) is 3.17. The number of benzene rings is 1. The van der Waals surface area contributed by atoms with Crippen LogP contribution in [0.3, 0.4) is 0 Å². The molecule has 9 nitrogen and oxygen atoms in total. The number of carbonyl (C=O) groups is 1. The molecule has 11 heteroatoms. The largest absolute Gasteiger partial charge is 0.341 e. The zero-order valence-corrected chi connectivity index (χ0v) is 11.9. The molecule has 2 amide bonds. The van der Waals surface area contributed by atoms with Gasteiger partial charge in [-0.2, -0.15) is 5.10 Å². The fraction of sp³-hybridized carbons (Fsp3) is 0. The summed E-state index contributed by atoms with van der Waals surface area (Å²) in [5.74, 6) is 0. The van der Waals surface area contributed by atoms with Crippen molar-refractivity contribution in [3.63, 3.8) is 0 Å². The van der Waals surface area contributed by atoms with E-state index in [1.165, 1.54) is 18.3 Å². The van der Waals surface area contributed by atoms with Crippen LogP contribution in [0.5, 0.6) is 0 Å². The molecule has 0 fully saturated rings. The van der Waals surface area contributed by atoms with Crippen molar-refractivity contribution in [1.29, 1.82) is 0 Å². The highest BCUT2D eigenvalue weighted by Gasteiger charge is 2.10. The molecule has 0 bridgehead atoms. The Hall–Kier alpha value is -2.66. The molecule has 3 N–H and O–H groups in total. The molecular formula is C10H8N6O3S2. The van der Waals surface area contributed by atoms with Crippen LogP contribution in [0.15, 0.2) is 29.4 Å². The highest BCUT2D eigenvalue weighted by molar-refractivity contribution is 7.73. The Bertz CT molecular complexity index is 753. The molecule has 1 heterocycles. The Morgan fingerprint density at radius 3 is 2.95 bits per heavy atom. The Morgan fingerprint density at radius 1 is 1.52 bits per heavy atom. The lowest BCUT2D eigenvalue weighted by atomic mass is 10.2. The van der Waals surface area contributed by atoms with E-state index in [1.54, 1.807) is 12.1 Å². The van der Waals surface area contributed by atoms with E-state index >= 15 is 0 Å². The van der Waals surface area contributed by atoms with Crippen molar-refractivity contribution in [2.24, 2.45) is 5.10 Å². The Labute approximate surface area is 126 Å². The fourth-order valence-electron chi connectivity index (χ4n) is 1.33. The second-order valence-corrected chi connectivity index (χ2v) is 5.22. The van der Waals surface area contributed by atoms with Crippen LogP contribution in [0.25, 0.3) is 0 Å². The van der Waals surface area contributed by atoms with E-state index in [1.807, 2.05) is 0 Å². The van der Waals surface area contributed by atoms with Crippen molar-refractivity contribution in [3.8, 4) is 0 Å². The van der Waals surface area contributed by atoms with Gasteiger partial charge in [0.15, 0.2) is 3.95 Å². The maximum absolute atomic E-state index is 11.5. The number of hydrogen-bond acceptors (Lipinski definition) is 7. The molecule has 2 aromatic rings. The molecule has 0 radical (unpaired) electrons. The minimum absolute atomic E-state index is 0.103. The fourth-order valence-corrected chi connectivity index (χ4v) is 2.12. The minimum atomic E-state index is -0.636. The number of H-pyrrole nitrogens is 1. The van der Waals surface area contributed by atoms with E-state index in [0.717, 1.165) is 11.3 Å². The summed E-state index contributed by atoms with van der Waals surface area (Å²) >= 11 is 5.90. The average molecular weight is 324 g/mol. The molecule has 0 saturated carbocycles. The van der Waals surface area contributed by atoms with Crippen LogP contribution in [-0.4, -0.2) is 27.4 Å². The van der Waals surface area contributed by atoms with Gasteiger partial charge in [0.25, 0.3) is 5.69 Å². The molecule has 0 atom stereocenters. The number of nitrogens with zero attached hydrogens (tertiary/aromatic N) is 3. The quantitative estimate of drug-likeness (QED) is 0.344. The number of anilines is 1. The van der Waals surface area contributed by atoms with Crippen LogP contribution in [0, 0.1) is 14.1 Å². The van der Waals surface area contributed by atoms with Gasteiger partial charge in [0, 0.05) is 6.07 Å². The summed E-state index contributed by atoms with van der Waals surface area (Å²) in [7, 11) is 0. The number of urea groups is 1. The number of nitro benzene ring substituents is 1. The molecular weight excluding hydrogens is 316 g/mol. The summed E-state index contributed by atoms with van der Waals surface area (Å²) in [6.07, 6.45) is 1.18. The number of carbonyl (C=O) groups excluding carboxylic acids is 1. The molecule has 2 rings (SSSR count). The number of hydrazone groups is 1. The van der Waals surface area contributed by atoms with Crippen LogP contribution in [0.1, 0.15) is 5.56 Å². The number of aromatic amines is 1. The lowest BCUT2D eigenvalue weighted by Crippen LogP contribution is -2.24. The summed E-state index contributed by atoms with van der Waals surface area (Å²) in [5, 5.41) is 23.4. The number of hydrogen-bond donors (Lipinski definition) is 3. The summed E-state index contributed by atoms with van der Waals surface area (Å²) in [5.41, 5.74) is 2.34. The average Bonchev–Trinajstić information content (AvgIpc) is 2.84. The van der Waals surface area contributed by atoms with Gasteiger partial charge in [0.1, 0.15) is 0 Å². The first kappa shape index (κ1) is 14.7. The van der Waals surface area contributed by atoms with Crippen LogP contribution < -0.4 is 10.7 Å². The first-order valence-electron chi connectivity index (χ1n) is 5.45. The lowest BCUT2D eigenvalue weighted by molar-refractivity contribution is -0.385. The standard InChI is InChI=1S/C10H8N6O3S2/c17-8(12-9-14-15-10(20)21-9)13-11-5-6-3-1-2-4-7(6)16(18)19/h1-5H,(H,15,20)(H2,12,13,14,17)/b11-5+. The van der Waals surface area contributed by atoms with Crippen molar-refractivity contribution in [2.75, 3.05) is 5.32 Å². The lowest BCUT2D eigenvalue weighted by Gasteiger charge is -1.99. The van der Waals surface area contributed by atoms with Gasteiger partial charge in [-0.3, -0.25) is 20.5 Å². The zero-order valence-electron chi connectivity index (χ0n) is 10.3. The molecule has 0 aliphatic rings. The second kappa shape index (κ2) is 6.67. The summed E-state index contributed by atoms with van der Waals surface area (Å²) in [4.78, 5) is 21.7. The third-order valence-electron chi connectivity index (χ3n) is 2.16. The Morgan fingerprint density at radius 2 is 2.29 bits per heavy atom. The molecule has 108 valence electrons. The predicted octanol–water partition coefficient (Wildman–Crippen LogP) is 2.26. The van der Waals surface area contributed by atoms with Gasteiger partial charge in [-0.05, 0) is 18.3 Å². The van der Waals surface area contributed by atoms with Crippen molar-refractivity contribution < 1.29 is 9.72 Å². The molecule has 0 aliphatic heterocycles. The van der Waals surface area contributed by atoms with Crippen molar-refractivity contribution >= 4 is 46.6 Å². The predicted molar refractivity (Wildman–Crippen MR) is 80.1 cm³/mol. The molecule has 0 spiro atoms. The van der Waals surface area contributed by atoms with Gasteiger partial charge in [-0.15, -0.1) is 5.10 Å². The van der Waals surface area contributed by atoms with Crippen molar-refractivity contribution in [3.05, 3.63) is 43.9 Å². The minimum Gasteiger partial charge on any atom is -0.281 e. The van der Waals surface area contributed by atoms with Gasteiger partial charge in [0.2, 0.25) is 5.13 Å². The molecule has 0 saturated heterocycles. The topological polar surface area (TPSA) is 125 Å². The number of nitro groups is 1. The monoisotopic (exact) mass is 324 g/mol. The van der Waals surface area contributed by atoms with Crippen molar-refractivity contribution in [1.82, 2.24) is 15.6 Å². The van der Waals surface area contributed by atoms with E-state index in [4.69, 9.17) is 12.2 Å². The number of amides is 2. The Balaban J connectivity index is 1.98. The van der Waals surface area contributed by atoms with E-state index in [9.17, 15) is 14.9 Å². The smallest absolute Gasteiger partial charge is 0.281 e. The van der Waals surface area contributed by atoms with Crippen LogP contribution >= 0.6 is 23.6 Å². The number of nitrogens with one attached hydrogen (secondary N) is 3. The third kappa shape index (κ3) is 4.15. The second-order valence-electron chi connectivity index (χ2n) is 3.56. The van der Waals surface area contributed by atoms with E-state index in [0.29, 0.717) is 9.09 Å². The highest BCUT2D eigenvalue weighted by Crippen LogP contribution is 2.15. The number of para-hydroxylation sites is 1. The normalized spacial score (nSPS) is 10.5. The molecule has 21 heavy (non-hydrogen) atoms.